The molecule has 1 saturated heterocycles. The van der Waals surface area contributed by atoms with Crippen LogP contribution in [0.4, 0.5) is 0 Å². The number of hydrogen-bond acceptors (Lipinski definition) is 3. The van der Waals surface area contributed by atoms with Crippen molar-refractivity contribution in [2.45, 2.75) is 50.7 Å². The first kappa shape index (κ1) is 11.8. The van der Waals surface area contributed by atoms with Crippen LogP contribution in [0.3, 0.4) is 0 Å². The van der Waals surface area contributed by atoms with Crippen LogP contribution in [0.15, 0.2) is 22.8 Å². The van der Waals surface area contributed by atoms with E-state index in [0.717, 1.165) is 25.1 Å². The van der Waals surface area contributed by atoms with Crippen molar-refractivity contribution in [1.82, 2.24) is 10.2 Å². The normalized spacial score (nSPS) is 26.4. The second kappa shape index (κ2) is 4.76. The second-order valence-electron chi connectivity index (χ2n) is 5.36. The minimum absolute atomic E-state index is 0.0173. The Morgan fingerprint density at radius 1 is 1.44 bits per heavy atom. The SMILES string of the molecule is CC(c1ccco1)N1CCCC(NC2CC2)C1=O. The molecule has 4 nitrogen and oxygen atoms in total. The van der Waals surface area contributed by atoms with Crippen LogP contribution >= 0.6 is 0 Å². The van der Waals surface area contributed by atoms with Gasteiger partial charge in [0.25, 0.3) is 0 Å². The highest BCUT2D eigenvalue weighted by molar-refractivity contribution is 5.83. The minimum Gasteiger partial charge on any atom is -0.467 e. The molecule has 98 valence electrons. The second-order valence-corrected chi connectivity index (χ2v) is 5.36. The molecule has 1 aliphatic carbocycles. The first-order chi connectivity index (χ1) is 8.75. The zero-order valence-corrected chi connectivity index (χ0v) is 10.8. The summed E-state index contributed by atoms with van der Waals surface area (Å²) in [7, 11) is 0. The number of rotatable bonds is 4. The fourth-order valence-electron chi connectivity index (χ4n) is 2.66. The van der Waals surface area contributed by atoms with Gasteiger partial charge < -0.3 is 14.6 Å². The first-order valence-electron chi connectivity index (χ1n) is 6.85. The van der Waals surface area contributed by atoms with Crippen molar-refractivity contribution in [3.63, 3.8) is 0 Å². The zero-order valence-electron chi connectivity index (χ0n) is 10.8. The molecule has 1 aromatic heterocycles. The van der Waals surface area contributed by atoms with E-state index in [1.165, 1.54) is 12.8 Å². The number of hydrogen-bond donors (Lipinski definition) is 1. The lowest BCUT2D eigenvalue weighted by atomic mass is 10.0. The Balaban J connectivity index is 1.69. The van der Waals surface area contributed by atoms with Crippen molar-refractivity contribution in [2.75, 3.05) is 6.54 Å². The van der Waals surface area contributed by atoms with E-state index in [1.54, 1.807) is 6.26 Å². The quantitative estimate of drug-likeness (QED) is 0.887. The van der Waals surface area contributed by atoms with Crippen LogP contribution in [-0.2, 0) is 4.79 Å². The summed E-state index contributed by atoms with van der Waals surface area (Å²) < 4.78 is 5.41. The molecule has 1 amide bonds. The van der Waals surface area contributed by atoms with Crippen LogP contribution in [0, 0.1) is 0 Å². The number of furan rings is 1. The predicted octanol–water partition coefficient (Wildman–Crippen LogP) is 2.08. The number of piperidine rings is 1. The van der Waals surface area contributed by atoms with Gasteiger partial charge >= 0.3 is 0 Å². The molecule has 0 radical (unpaired) electrons. The lowest BCUT2D eigenvalue weighted by molar-refractivity contribution is -0.138. The molecule has 18 heavy (non-hydrogen) atoms. The number of likely N-dealkylation sites (tertiary alicyclic amines) is 1. The summed E-state index contributed by atoms with van der Waals surface area (Å²) in [5.41, 5.74) is 0. The zero-order chi connectivity index (χ0) is 12.5. The van der Waals surface area contributed by atoms with E-state index in [0.29, 0.717) is 6.04 Å². The Morgan fingerprint density at radius 3 is 2.94 bits per heavy atom. The molecular weight excluding hydrogens is 228 g/mol. The molecule has 3 rings (SSSR count). The van der Waals surface area contributed by atoms with Gasteiger partial charge in [-0.1, -0.05) is 0 Å². The molecule has 0 aromatic carbocycles. The Kier molecular flexibility index (Phi) is 3.12. The third-order valence-electron chi connectivity index (χ3n) is 3.91. The number of carbonyl (C=O) groups is 1. The van der Waals surface area contributed by atoms with Gasteiger partial charge in [0.05, 0.1) is 18.3 Å². The predicted molar refractivity (Wildman–Crippen MR) is 68.0 cm³/mol. The highest BCUT2D eigenvalue weighted by Gasteiger charge is 2.35. The van der Waals surface area contributed by atoms with Crippen LogP contribution in [-0.4, -0.2) is 29.4 Å². The van der Waals surface area contributed by atoms with Crippen LogP contribution in [0.2, 0.25) is 0 Å². The van der Waals surface area contributed by atoms with Gasteiger partial charge in [-0.25, -0.2) is 0 Å². The van der Waals surface area contributed by atoms with Crippen molar-refractivity contribution in [3.8, 4) is 0 Å². The molecule has 0 bridgehead atoms. The summed E-state index contributed by atoms with van der Waals surface area (Å²) in [4.78, 5) is 14.4. The van der Waals surface area contributed by atoms with E-state index < -0.39 is 0 Å². The maximum atomic E-state index is 12.4. The standard InChI is InChI=1S/C14H20N2O2/c1-10(13-5-3-9-18-13)16-8-2-4-12(14(16)17)15-11-6-7-11/h3,5,9-12,15H,2,4,6-8H2,1H3. The van der Waals surface area contributed by atoms with Crippen molar-refractivity contribution < 1.29 is 9.21 Å². The molecule has 1 N–H and O–H groups in total. The topological polar surface area (TPSA) is 45.5 Å². The molecule has 2 aliphatic rings. The van der Waals surface area contributed by atoms with E-state index >= 15 is 0 Å². The third-order valence-corrected chi connectivity index (χ3v) is 3.91. The molecule has 1 saturated carbocycles. The Bertz CT molecular complexity index is 411. The van der Waals surface area contributed by atoms with Gasteiger partial charge in [-0.3, -0.25) is 4.79 Å². The van der Waals surface area contributed by atoms with Crippen molar-refractivity contribution in [3.05, 3.63) is 24.2 Å². The molecule has 2 unspecified atom stereocenters. The van der Waals surface area contributed by atoms with Crippen LogP contribution in [0.1, 0.15) is 44.4 Å². The van der Waals surface area contributed by atoms with E-state index in [4.69, 9.17) is 4.42 Å². The summed E-state index contributed by atoms with van der Waals surface area (Å²) in [6.45, 7) is 2.87. The van der Waals surface area contributed by atoms with E-state index in [9.17, 15) is 4.79 Å². The van der Waals surface area contributed by atoms with Gasteiger partial charge in [0.1, 0.15) is 5.76 Å². The highest BCUT2D eigenvalue weighted by atomic mass is 16.3. The molecule has 1 aromatic rings. The van der Waals surface area contributed by atoms with Crippen LogP contribution in [0.25, 0.3) is 0 Å². The lowest BCUT2D eigenvalue weighted by Gasteiger charge is -2.36. The summed E-state index contributed by atoms with van der Waals surface area (Å²) >= 11 is 0. The van der Waals surface area contributed by atoms with Gasteiger partial charge in [0.2, 0.25) is 5.91 Å². The van der Waals surface area contributed by atoms with E-state index in [2.05, 4.69) is 5.32 Å². The Labute approximate surface area is 107 Å². The maximum absolute atomic E-state index is 12.4. The average Bonchev–Trinajstić information content (AvgIpc) is 3.02. The van der Waals surface area contributed by atoms with Gasteiger partial charge in [-0.05, 0) is 44.7 Å². The summed E-state index contributed by atoms with van der Waals surface area (Å²) in [6, 6.07) is 4.45. The fraction of sp³-hybridized carbons (Fsp3) is 0.643. The number of nitrogens with zero attached hydrogens (tertiary/aromatic N) is 1. The van der Waals surface area contributed by atoms with Crippen LogP contribution in [0.5, 0.6) is 0 Å². The van der Waals surface area contributed by atoms with E-state index in [-0.39, 0.29) is 18.0 Å². The molecule has 4 heteroatoms. The number of amides is 1. The number of nitrogens with one attached hydrogen (secondary N) is 1. The highest BCUT2D eigenvalue weighted by Crippen LogP contribution is 2.27. The summed E-state index contributed by atoms with van der Waals surface area (Å²) in [6.07, 6.45) is 6.15. The average molecular weight is 248 g/mol. The maximum Gasteiger partial charge on any atom is 0.240 e. The van der Waals surface area contributed by atoms with Gasteiger partial charge in [-0.15, -0.1) is 0 Å². The van der Waals surface area contributed by atoms with Gasteiger partial charge in [0, 0.05) is 12.6 Å². The molecule has 2 atom stereocenters. The van der Waals surface area contributed by atoms with E-state index in [1.807, 2.05) is 24.0 Å². The fourth-order valence-corrected chi connectivity index (χ4v) is 2.66. The molecular formula is C14H20N2O2. The molecule has 1 aliphatic heterocycles. The molecule has 2 heterocycles. The van der Waals surface area contributed by atoms with Gasteiger partial charge in [0.15, 0.2) is 0 Å². The van der Waals surface area contributed by atoms with Gasteiger partial charge in [-0.2, -0.15) is 0 Å². The van der Waals surface area contributed by atoms with Crippen molar-refractivity contribution >= 4 is 5.91 Å². The summed E-state index contributed by atoms with van der Waals surface area (Å²) in [5, 5.41) is 3.45. The smallest absolute Gasteiger partial charge is 0.240 e. The van der Waals surface area contributed by atoms with Crippen molar-refractivity contribution in [1.29, 1.82) is 0 Å². The van der Waals surface area contributed by atoms with Crippen molar-refractivity contribution in [2.24, 2.45) is 0 Å². The minimum atomic E-state index is 0.0173. The molecule has 2 fully saturated rings. The largest absolute Gasteiger partial charge is 0.467 e. The van der Waals surface area contributed by atoms with Crippen LogP contribution < -0.4 is 5.32 Å². The monoisotopic (exact) mass is 248 g/mol. The third kappa shape index (κ3) is 2.29. The first-order valence-corrected chi connectivity index (χ1v) is 6.85. The Morgan fingerprint density at radius 2 is 2.28 bits per heavy atom. The Hall–Kier alpha value is -1.29. The lowest BCUT2D eigenvalue weighted by Crippen LogP contribution is -2.51. The summed E-state index contributed by atoms with van der Waals surface area (Å²) in [5.74, 6) is 1.10. The molecule has 0 spiro atoms. The number of carbonyl (C=O) groups excluding carboxylic acids is 1.